The van der Waals surface area contributed by atoms with Crippen molar-refractivity contribution in [3.63, 3.8) is 0 Å². The molecule has 0 radical (unpaired) electrons. The van der Waals surface area contributed by atoms with E-state index in [0.29, 0.717) is 29.2 Å². The van der Waals surface area contributed by atoms with E-state index >= 15 is 0 Å². The lowest BCUT2D eigenvalue weighted by Crippen LogP contribution is -2.29. The molecule has 154 valence electrons. The molecule has 0 unspecified atom stereocenters. The smallest absolute Gasteiger partial charge is 0.261 e. The van der Waals surface area contributed by atoms with Crippen LogP contribution in [0.15, 0.2) is 66.7 Å². The van der Waals surface area contributed by atoms with Crippen LogP contribution in [0.5, 0.6) is 11.5 Å². The molecule has 2 aliphatic heterocycles. The highest BCUT2D eigenvalue weighted by atomic mass is 16.7. The second-order valence-electron chi connectivity index (χ2n) is 7.31. The van der Waals surface area contributed by atoms with Crippen molar-refractivity contribution >= 4 is 17.7 Å². The Morgan fingerprint density at radius 3 is 2.45 bits per heavy atom. The Kier molecular flexibility index (Phi) is 4.63. The second-order valence-corrected chi connectivity index (χ2v) is 7.31. The maximum absolute atomic E-state index is 12.8. The van der Waals surface area contributed by atoms with Crippen molar-refractivity contribution in [3.05, 3.63) is 94.5 Å². The molecule has 3 aromatic rings. The van der Waals surface area contributed by atoms with Crippen LogP contribution in [-0.4, -0.2) is 29.4 Å². The van der Waals surface area contributed by atoms with Gasteiger partial charge in [-0.15, -0.1) is 0 Å². The van der Waals surface area contributed by atoms with Crippen molar-refractivity contribution in [1.82, 2.24) is 10.2 Å². The zero-order valence-corrected chi connectivity index (χ0v) is 16.5. The zero-order valence-electron chi connectivity index (χ0n) is 16.5. The van der Waals surface area contributed by atoms with Crippen LogP contribution in [0.3, 0.4) is 0 Å². The molecule has 0 saturated heterocycles. The van der Waals surface area contributed by atoms with E-state index < -0.39 is 5.91 Å². The minimum atomic E-state index is -0.394. The van der Waals surface area contributed by atoms with Gasteiger partial charge in [-0.05, 0) is 41.5 Å². The fourth-order valence-electron chi connectivity index (χ4n) is 3.68. The van der Waals surface area contributed by atoms with Crippen molar-refractivity contribution in [2.24, 2.45) is 0 Å². The van der Waals surface area contributed by atoms with E-state index in [-0.39, 0.29) is 30.7 Å². The summed E-state index contributed by atoms with van der Waals surface area (Å²) in [6, 6.07) is 19.3. The number of nitrogens with one attached hydrogen (secondary N) is 1. The van der Waals surface area contributed by atoms with Gasteiger partial charge >= 0.3 is 0 Å². The van der Waals surface area contributed by atoms with E-state index in [0.717, 1.165) is 11.1 Å². The summed E-state index contributed by atoms with van der Waals surface area (Å²) < 4.78 is 10.6. The van der Waals surface area contributed by atoms with Gasteiger partial charge in [0, 0.05) is 12.1 Å². The molecule has 31 heavy (non-hydrogen) atoms. The van der Waals surface area contributed by atoms with Crippen molar-refractivity contribution in [2.75, 3.05) is 6.79 Å². The molecule has 2 aliphatic rings. The van der Waals surface area contributed by atoms with Crippen molar-refractivity contribution in [1.29, 1.82) is 0 Å². The van der Waals surface area contributed by atoms with Crippen molar-refractivity contribution < 1.29 is 23.9 Å². The van der Waals surface area contributed by atoms with E-state index in [1.165, 1.54) is 17.0 Å². The number of imide groups is 1. The number of hydrogen-bond acceptors (Lipinski definition) is 5. The average molecular weight is 414 g/mol. The molecule has 2 heterocycles. The SMILES string of the molecule is O=C(NCc1ccc2c(c1)OCO2)c1ccc2c(c1)C(=O)N(Cc1ccccc1)C2=O. The highest BCUT2D eigenvalue weighted by Crippen LogP contribution is 2.32. The highest BCUT2D eigenvalue weighted by molar-refractivity contribution is 6.22. The lowest BCUT2D eigenvalue weighted by Gasteiger charge is -2.13. The summed E-state index contributed by atoms with van der Waals surface area (Å²) >= 11 is 0. The third-order valence-electron chi connectivity index (χ3n) is 5.31. The summed E-state index contributed by atoms with van der Waals surface area (Å²) in [5.74, 6) is 0.247. The van der Waals surface area contributed by atoms with Gasteiger partial charge in [-0.2, -0.15) is 0 Å². The fraction of sp³-hybridized carbons (Fsp3) is 0.125. The number of hydrogen-bond donors (Lipinski definition) is 1. The Balaban J connectivity index is 1.30. The van der Waals surface area contributed by atoms with Gasteiger partial charge in [-0.3, -0.25) is 19.3 Å². The third kappa shape index (κ3) is 3.50. The molecule has 3 aromatic carbocycles. The van der Waals surface area contributed by atoms with Gasteiger partial charge in [0.05, 0.1) is 17.7 Å². The molecule has 0 atom stereocenters. The Bertz CT molecular complexity index is 1210. The Morgan fingerprint density at radius 2 is 1.61 bits per heavy atom. The summed E-state index contributed by atoms with van der Waals surface area (Å²) in [7, 11) is 0. The van der Waals surface area contributed by atoms with Crippen LogP contribution in [-0.2, 0) is 13.1 Å². The van der Waals surface area contributed by atoms with Gasteiger partial charge in [-0.25, -0.2) is 0 Å². The molecular formula is C24H18N2O5. The average Bonchev–Trinajstić information content (AvgIpc) is 3.36. The van der Waals surface area contributed by atoms with Crippen LogP contribution in [0.2, 0.25) is 0 Å². The second kappa shape index (κ2) is 7.60. The van der Waals surface area contributed by atoms with Crippen LogP contribution in [0.25, 0.3) is 0 Å². The zero-order chi connectivity index (χ0) is 21.4. The normalized spacial score (nSPS) is 14.0. The monoisotopic (exact) mass is 414 g/mol. The minimum absolute atomic E-state index is 0.189. The first-order valence-corrected chi connectivity index (χ1v) is 9.81. The van der Waals surface area contributed by atoms with Gasteiger partial charge in [0.25, 0.3) is 17.7 Å². The number of ether oxygens (including phenoxy) is 2. The number of carbonyl (C=O) groups is 3. The number of rotatable bonds is 5. The quantitative estimate of drug-likeness (QED) is 0.649. The summed E-state index contributed by atoms with van der Waals surface area (Å²) in [6.07, 6.45) is 0. The fourth-order valence-corrected chi connectivity index (χ4v) is 3.68. The Labute approximate surface area is 178 Å². The van der Waals surface area contributed by atoms with E-state index in [4.69, 9.17) is 9.47 Å². The maximum atomic E-state index is 12.8. The number of benzene rings is 3. The predicted molar refractivity (Wildman–Crippen MR) is 111 cm³/mol. The number of amides is 3. The van der Waals surface area contributed by atoms with E-state index in [9.17, 15) is 14.4 Å². The van der Waals surface area contributed by atoms with Crippen LogP contribution in [0.4, 0.5) is 0 Å². The molecule has 3 amide bonds. The topological polar surface area (TPSA) is 84.9 Å². The Hall–Kier alpha value is -4.13. The largest absolute Gasteiger partial charge is 0.454 e. The van der Waals surface area contributed by atoms with E-state index in [2.05, 4.69) is 5.32 Å². The van der Waals surface area contributed by atoms with Gasteiger partial charge in [-0.1, -0.05) is 36.4 Å². The first-order chi connectivity index (χ1) is 15.1. The van der Waals surface area contributed by atoms with Crippen molar-refractivity contribution in [3.8, 4) is 11.5 Å². The first-order valence-electron chi connectivity index (χ1n) is 9.81. The molecule has 1 N–H and O–H groups in total. The standard InChI is InChI=1S/C24H18N2O5/c27-22(25-12-16-6-9-20-21(10-16)31-14-30-20)17-7-8-18-19(11-17)24(29)26(23(18)28)13-15-4-2-1-3-5-15/h1-11H,12-14H2,(H,25,27). The van der Waals surface area contributed by atoms with Gasteiger partial charge in [0.1, 0.15) is 0 Å². The van der Waals surface area contributed by atoms with Gasteiger partial charge in [0.15, 0.2) is 11.5 Å². The maximum Gasteiger partial charge on any atom is 0.261 e. The minimum Gasteiger partial charge on any atom is -0.454 e. The van der Waals surface area contributed by atoms with Gasteiger partial charge in [0.2, 0.25) is 6.79 Å². The lowest BCUT2D eigenvalue weighted by molar-refractivity contribution is 0.0642. The molecule has 0 bridgehead atoms. The van der Waals surface area contributed by atoms with E-state index in [1.54, 1.807) is 12.1 Å². The lowest BCUT2D eigenvalue weighted by atomic mass is 10.1. The number of nitrogens with zero attached hydrogens (tertiary/aromatic N) is 1. The molecule has 7 nitrogen and oxygen atoms in total. The van der Waals surface area contributed by atoms with Crippen molar-refractivity contribution in [2.45, 2.75) is 13.1 Å². The summed E-state index contributed by atoms with van der Waals surface area (Å²) in [6.45, 7) is 0.673. The highest BCUT2D eigenvalue weighted by Gasteiger charge is 2.36. The summed E-state index contributed by atoms with van der Waals surface area (Å²) in [5.41, 5.74) is 2.60. The van der Waals surface area contributed by atoms with E-state index in [1.807, 2.05) is 42.5 Å². The molecular weight excluding hydrogens is 396 g/mol. The van der Waals surface area contributed by atoms with Crippen LogP contribution >= 0.6 is 0 Å². The van der Waals surface area contributed by atoms with Crippen LogP contribution in [0, 0.1) is 0 Å². The predicted octanol–water partition coefficient (Wildman–Crippen LogP) is 3.14. The van der Waals surface area contributed by atoms with Crippen LogP contribution in [0.1, 0.15) is 42.2 Å². The summed E-state index contributed by atoms with van der Waals surface area (Å²) in [4.78, 5) is 39.3. The number of carbonyl (C=O) groups excluding carboxylic acids is 3. The third-order valence-corrected chi connectivity index (χ3v) is 5.31. The Morgan fingerprint density at radius 1 is 0.839 bits per heavy atom. The summed E-state index contributed by atoms with van der Waals surface area (Å²) in [5, 5.41) is 2.83. The molecule has 0 aromatic heterocycles. The first kappa shape index (κ1) is 18.9. The molecule has 5 rings (SSSR count). The van der Waals surface area contributed by atoms with Crippen LogP contribution < -0.4 is 14.8 Å². The molecule has 0 saturated carbocycles. The molecule has 7 heteroatoms. The molecule has 0 spiro atoms. The van der Waals surface area contributed by atoms with Gasteiger partial charge < -0.3 is 14.8 Å². The molecule has 0 aliphatic carbocycles. The number of fused-ring (bicyclic) bond motifs is 2. The molecule has 0 fully saturated rings.